The van der Waals surface area contributed by atoms with Gasteiger partial charge in [-0.25, -0.2) is 17.8 Å². The van der Waals surface area contributed by atoms with E-state index >= 15 is 0 Å². The highest BCUT2D eigenvalue weighted by atomic mass is 32.2. The molecule has 0 atom stereocenters. The fourth-order valence-electron chi connectivity index (χ4n) is 2.80. The summed E-state index contributed by atoms with van der Waals surface area (Å²) >= 11 is 0. The van der Waals surface area contributed by atoms with Crippen molar-refractivity contribution in [3.8, 4) is 0 Å². The van der Waals surface area contributed by atoms with Crippen molar-refractivity contribution < 1.29 is 17.6 Å². The van der Waals surface area contributed by atoms with Crippen molar-refractivity contribution in [1.29, 1.82) is 0 Å². The molecule has 0 fully saturated rings. The van der Waals surface area contributed by atoms with Gasteiger partial charge in [0.05, 0.1) is 17.0 Å². The van der Waals surface area contributed by atoms with Gasteiger partial charge in [0, 0.05) is 23.3 Å². The topological polar surface area (TPSA) is 91.9 Å². The van der Waals surface area contributed by atoms with Crippen LogP contribution in [0.25, 0.3) is 11.0 Å². The van der Waals surface area contributed by atoms with Crippen molar-refractivity contribution in [2.24, 2.45) is 0 Å². The van der Waals surface area contributed by atoms with Gasteiger partial charge in [0.2, 0.25) is 10.0 Å². The molecule has 3 aromatic rings. The van der Waals surface area contributed by atoms with Crippen LogP contribution in [-0.4, -0.2) is 29.9 Å². The number of carbonyl (C=O) groups excluding carboxylic acids is 1. The summed E-state index contributed by atoms with van der Waals surface area (Å²) in [6.45, 7) is 3.32. The molecule has 2 aromatic heterocycles. The predicted octanol–water partition coefficient (Wildman–Crippen LogP) is 3.39. The Morgan fingerprint density at radius 2 is 2.08 bits per heavy atom. The van der Waals surface area contributed by atoms with E-state index in [-0.39, 0.29) is 22.6 Å². The van der Waals surface area contributed by atoms with Crippen LogP contribution >= 0.6 is 0 Å². The Hall–Kier alpha value is -2.74. The number of nitrogens with zero attached hydrogens (tertiary/aromatic N) is 1. The molecule has 6 nitrogen and oxygen atoms in total. The number of H-pyrrole nitrogens is 1. The summed E-state index contributed by atoms with van der Waals surface area (Å²) in [7, 11) is -3.67. The average molecular weight is 375 g/mol. The number of hydrogen-bond acceptors (Lipinski definition) is 4. The number of halogens is 1. The molecule has 0 spiro atoms. The Labute approximate surface area is 150 Å². The van der Waals surface area contributed by atoms with Gasteiger partial charge in [0.15, 0.2) is 11.6 Å². The van der Waals surface area contributed by atoms with Crippen LogP contribution in [0, 0.1) is 12.7 Å². The number of carbonyl (C=O) groups is 1. The van der Waals surface area contributed by atoms with Gasteiger partial charge in [-0.2, -0.15) is 0 Å². The SMILES string of the molecule is CCCS(=O)(=O)Nc1ccc(C)c(C(=O)c2c[nH]c3ncccc23)c1F. The summed E-state index contributed by atoms with van der Waals surface area (Å²) in [5.74, 6) is -1.54. The molecule has 2 heterocycles. The highest BCUT2D eigenvalue weighted by Crippen LogP contribution is 2.27. The smallest absolute Gasteiger partial charge is 0.232 e. The Morgan fingerprint density at radius 1 is 1.31 bits per heavy atom. The number of benzene rings is 1. The van der Waals surface area contributed by atoms with Gasteiger partial charge in [-0.15, -0.1) is 0 Å². The second-order valence-electron chi connectivity index (χ2n) is 5.97. The Morgan fingerprint density at radius 3 is 2.81 bits per heavy atom. The number of aryl methyl sites for hydroxylation is 1. The molecule has 1 aromatic carbocycles. The monoisotopic (exact) mass is 375 g/mol. The van der Waals surface area contributed by atoms with Crippen molar-refractivity contribution in [3.63, 3.8) is 0 Å². The lowest BCUT2D eigenvalue weighted by molar-refractivity contribution is 0.103. The number of fused-ring (bicyclic) bond motifs is 1. The van der Waals surface area contributed by atoms with Crippen molar-refractivity contribution in [3.05, 3.63) is 59.2 Å². The summed E-state index contributed by atoms with van der Waals surface area (Å²) in [6.07, 6.45) is 3.46. The lowest BCUT2D eigenvalue weighted by atomic mass is 9.98. The number of sulfonamides is 1. The molecule has 0 bridgehead atoms. The first-order valence-corrected chi connectivity index (χ1v) is 9.75. The molecule has 26 heavy (non-hydrogen) atoms. The molecule has 0 unspecified atom stereocenters. The summed E-state index contributed by atoms with van der Waals surface area (Å²) in [4.78, 5) is 19.9. The maximum atomic E-state index is 15.0. The van der Waals surface area contributed by atoms with Gasteiger partial charge >= 0.3 is 0 Å². The van der Waals surface area contributed by atoms with Gasteiger partial charge in [-0.1, -0.05) is 13.0 Å². The summed E-state index contributed by atoms with van der Waals surface area (Å²) in [5.41, 5.74) is 0.832. The van der Waals surface area contributed by atoms with E-state index in [4.69, 9.17) is 0 Å². The number of nitrogens with one attached hydrogen (secondary N) is 2. The Kier molecular flexibility index (Phi) is 4.78. The molecule has 0 aliphatic carbocycles. The maximum Gasteiger partial charge on any atom is 0.232 e. The number of hydrogen-bond donors (Lipinski definition) is 2. The van der Waals surface area contributed by atoms with Crippen LogP contribution < -0.4 is 4.72 Å². The summed E-state index contributed by atoms with van der Waals surface area (Å²) in [6, 6.07) is 6.25. The fraction of sp³-hybridized carbons (Fsp3) is 0.222. The first-order chi connectivity index (χ1) is 12.3. The number of anilines is 1. The third kappa shape index (κ3) is 3.32. The molecule has 3 rings (SSSR count). The number of rotatable bonds is 6. The molecule has 0 amide bonds. The molecule has 0 saturated carbocycles. The minimum absolute atomic E-state index is 0.127. The van der Waals surface area contributed by atoms with E-state index in [9.17, 15) is 17.6 Å². The molecular weight excluding hydrogens is 357 g/mol. The average Bonchev–Trinajstić information content (AvgIpc) is 3.01. The number of ketones is 1. The van der Waals surface area contributed by atoms with Crippen LogP contribution in [0.4, 0.5) is 10.1 Å². The van der Waals surface area contributed by atoms with E-state index in [1.54, 1.807) is 32.2 Å². The van der Waals surface area contributed by atoms with Gasteiger partial charge < -0.3 is 4.98 Å². The van der Waals surface area contributed by atoms with Gasteiger partial charge in [0.1, 0.15) is 5.65 Å². The third-order valence-electron chi connectivity index (χ3n) is 4.01. The van der Waals surface area contributed by atoms with Crippen molar-refractivity contribution in [2.45, 2.75) is 20.3 Å². The highest BCUT2D eigenvalue weighted by Gasteiger charge is 2.23. The fourth-order valence-corrected chi connectivity index (χ4v) is 3.93. The Bertz CT molecular complexity index is 1090. The van der Waals surface area contributed by atoms with Gasteiger partial charge in [0.25, 0.3) is 0 Å². The van der Waals surface area contributed by atoms with E-state index in [1.807, 2.05) is 0 Å². The lowest BCUT2D eigenvalue weighted by Crippen LogP contribution is -2.18. The second-order valence-corrected chi connectivity index (χ2v) is 7.81. The van der Waals surface area contributed by atoms with Crippen molar-refractivity contribution in [2.75, 3.05) is 10.5 Å². The molecular formula is C18H18FN3O3S. The molecule has 0 aliphatic heterocycles. The van der Waals surface area contributed by atoms with E-state index in [2.05, 4.69) is 14.7 Å². The van der Waals surface area contributed by atoms with E-state index < -0.39 is 21.6 Å². The van der Waals surface area contributed by atoms with Gasteiger partial charge in [-0.3, -0.25) is 9.52 Å². The lowest BCUT2D eigenvalue weighted by Gasteiger charge is -2.12. The second kappa shape index (κ2) is 6.87. The quantitative estimate of drug-likeness (QED) is 0.646. The zero-order chi connectivity index (χ0) is 18.9. The maximum absolute atomic E-state index is 15.0. The first-order valence-electron chi connectivity index (χ1n) is 8.10. The summed E-state index contributed by atoms with van der Waals surface area (Å²) < 4.78 is 41.1. The highest BCUT2D eigenvalue weighted by molar-refractivity contribution is 7.92. The number of pyridine rings is 1. The zero-order valence-electron chi connectivity index (χ0n) is 14.3. The number of aromatic amines is 1. The van der Waals surface area contributed by atoms with E-state index in [1.165, 1.54) is 18.3 Å². The molecule has 136 valence electrons. The minimum Gasteiger partial charge on any atom is -0.345 e. The van der Waals surface area contributed by atoms with Crippen molar-refractivity contribution in [1.82, 2.24) is 9.97 Å². The molecule has 8 heteroatoms. The van der Waals surface area contributed by atoms with Crippen molar-refractivity contribution >= 4 is 32.5 Å². The van der Waals surface area contributed by atoms with Crippen LogP contribution in [0.3, 0.4) is 0 Å². The van der Waals surface area contributed by atoms with Crippen LogP contribution in [0.15, 0.2) is 36.7 Å². The number of aromatic nitrogens is 2. The molecule has 0 radical (unpaired) electrons. The minimum atomic E-state index is -3.67. The normalized spacial score (nSPS) is 11.7. The Balaban J connectivity index is 2.07. The van der Waals surface area contributed by atoms with Gasteiger partial charge in [-0.05, 0) is 37.1 Å². The molecule has 0 saturated heterocycles. The van der Waals surface area contributed by atoms with Crippen LogP contribution in [0.1, 0.15) is 34.8 Å². The third-order valence-corrected chi connectivity index (χ3v) is 5.49. The molecule has 2 N–H and O–H groups in total. The predicted molar refractivity (Wildman–Crippen MR) is 98.4 cm³/mol. The van der Waals surface area contributed by atoms with E-state index in [0.29, 0.717) is 23.0 Å². The largest absolute Gasteiger partial charge is 0.345 e. The van der Waals surface area contributed by atoms with Crippen LogP contribution in [0.5, 0.6) is 0 Å². The zero-order valence-corrected chi connectivity index (χ0v) is 15.2. The first kappa shape index (κ1) is 18.1. The van der Waals surface area contributed by atoms with E-state index in [0.717, 1.165) is 0 Å². The van der Waals surface area contributed by atoms with Crippen LogP contribution in [-0.2, 0) is 10.0 Å². The summed E-state index contributed by atoms with van der Waals surface area (Å²) in [5, 5.41) is 0.577. The van der Waals surface area contributed by atoms with Crippen LogP contribution in [0.2, 0.25) is 0 Å². The standard InChI is InChI=1S/C18H18FN3O3S/c1-3-9-26(24,25)22-14-7-6-11(2)15(16(14)19)17(23)13-10-21-18-12(13)5-4-8-20-18/h4-8,10,22H,3,9H2,1-2H3,(H,20,21). The molecule has 0 aliphatic rings.